The summed E-state index contributed by atoms with van der Waals surface area (Å²) < 4.78 is 1.09. The van der Waals surface area contributed by atoms with Crippen LogP contribution < -0.4 is 5.32 Å². The first-order chi connectivity index (χ1) is 7.20. The first-order valence-corrected chi connectivity index (χ1v) is 5.92. The highest BCUT2D eigenvalue weighted by molar-refractivity contribution is 7.81. The molecule has 0 saturated carbocycles. The van der Waals surface area contributed by atoms with Crippen molar-refractivity contribution in [3.05, 3.63) is 23.8 Å². The number of hydrogen-bond acceptors (Lipinski definition) is 4. The minimum Gasteiger partial charge on any atom is -0.301 e. The fourth-order valence-electron chi connectivity index (χ4n) is 1.30. The van der Waals surface area contributed by atoms with Gasteiger partial charge in [-0.15, -0.1) is 0 Å². The van der Waals surface area contributed by atoms with Crippen LogP contribution in [0.4, 0.5) is 5.13 Å². The summed E-state index contributed by atoms with van der Waals surface area (Å²) in [6, 6.07) is 5.99. The van der Waals surface area contributed by atoms with Crippen LogP contribution in [0.1, 0.15) is 5.56 Å². The molecule has 0 aliphatic rings. The maximum Gasteiger partial charge on any atom is 0.235 e. The second-order valence-corrected chi connectivity index (χ2v) is 4.49. The van der Waals surface area contributed by atoms with Crippen molar-refractivity contribution in [1.29, 1.82) is 0 Å². The van der Waals surface area contributed by atoms with Crippen LogP contribution in [-0.2, 0) is 4.79 Å². The second kappa shape index (κ2) is 4.20. The zero-order valence-corrected chi connectivity index (χ0v) is 9.86. The molecule has 3 nitrogen and oxygen atoms in total. The van der Waals surface area contributed by atoms with Crippen molar-refractivity contribution in [2.24, 2.45) is 0 Å². The van der Waals surface area contributed by atoms with Crippen molar-refractivity contribution < 1.29 is 4.79 Å². The number of anilines is 1. The highest BCUT2D eigenvalue weighted by atomic mass is 32.1. The summed E-state index contributed by atoms with van der Waals surface area (Å²) in [4.78, 5) is 15.5. The normalized spacial score (nSPS) is 10.5. The van der Waals surface area contributed by atoms with Crippen molar-refractivity contribution in [3.8, 4) is 0 Å². The molecule has 5 heteroatoms. The largest absolute Gasteiger partial charge is 0.301 e. The van der Waals surface area contributed by atoms with E-state index in [4.69, 9.17) is 0 Å². The number of thiazole rings is 1. The topological polar surface area (TPSA) is 42.0 Å². The van der Waals surface area contributed by atoms with Crippen molar-refractivity contribution in [3.63, 3.8) is 0 Å². The Morgan fingerprint density at radius 2 is 2.40 bits per heavy atom. The number of aryl methyl sites for hydroxylation is 1. The second-order valence-electron chi connectivity index (χ2n) is 3.15. The Labute approximate surface area is 96.9 Å². The number of aromatic nitrogens is 1. The number of nitrogens with one attached hydrogen (secondary N) is 1. The Morgan fingerprint density at radius 1 is 1.60 bits per heavy atom. The molecule has 1 aromatic carbocycles. The van der Waals surface area contributed by atoms with Crippen molar-refractivity contribution in [2.45, 2.75) is 6.92 Å². The van der Waals surface area contributed by atoms with E-state index in [9.17, 15) is 4.79 Å². The minimum absolute atomic E-state index is 0.130. The van der Waals surface area contributed by atoms with E-state index in [-0.39, 0.29) is 11.7 Å². The average molecular weight is 238 g/mol. The minimum atomic E-state index is -0.130. The predicted molar refractivity (Wildman–Crippen MR) is 66.8 cm³/mol. The maximum absolute atomic E-state index is 11.1. The molecule has 0 atom stereocenters. The molecule has 1 aromatic heterocycles. The van der Waals surface area contributed by atoms with E-state index >= 15 is 0 Å². The van der Waals surface area contributed by atoms with E-state index in [1.54, 1.807) is 0 Å². The van der Waals surface area contributed by atoms with Gasteiger partial charge in [0, 0.05) is 0 Å². The van der Waals surface area contributed by atoms with E-state index in [1.165, 1.54) is 11.3 Å². The van der Waals surface area contributed by atoms with E-state index in [1.807, 2.05) is 25.1 Å². The summed E-state index contributed by atoms with van der Waals surface area (Å²) >= 11 is 5.37. The summed E-state index contributed by atoms with van der Waals surface area (Å²) in [5, 5.41) is 3.34. The van der Waals surface area contributed by atoms with Crippen molar-refractivity contribution >= 4 is 45.2 Å². The Hall–Kier alpha value is -1.07. The number of amides is 1. The van der Waals surface area contributed by atoms with Gasteiger partial charge >= 0.3 is 0 Å². The maximum atomic E-state index is 11.1. The monoisotopic (exact) mass is 238 g/mol. The first-order valence-electron chi connectivity index (χ1n) is 4.47. The van der Waals surface area contributed by atoms with Crippen LogP contribution in [0.15, 0.2) is 18.2 Å². The number of rotatable bonds is 2. The summed E-state index contributed by atoms with van der Waals surface area (Å²) in [6.07, 6.45) is 0. The summed E-state index contributed by atoms with van der Waals surface area (Å²) in [5.74, 6) is 0.0459. The molecule has 0 saturated heterocycles. The van der Waals surface area contributed by atoms with Gasteiger partial charge in [-0.3, -0.25) is 4.79 Å². The smallest absolute Gasteiger partial charge is 0.235 e. The van der Waals surface area contributed by atoms with Gasteiger partial charge in [0.05, 0.1) is 16.0 Å². The first kappa shape index (κ1) is 10.4. The number of carbonyl (C=O) groups is 1. The van der Waals surface area contributed by atoms with Gasteiger partial charge in [0.15, 0.2) is 5.13 Å². The number of para-hydroxylation sites is 1. The molecule has 0 bridgehead atoms. The van der Waals surface area contributed by atoms with Gasteiger partial charge in [-0.1, -0.05) is 23.5 Å². The molecule has 2 aromatic rings. The molecule has 0 unspecified atom stereocenters. The molecule has 1 N–H and O–H groups in total. The highest BCUT2D eigenvalue weighted by Gasteiger charge is 2.07. The van der Waals surface area contributed by atoms with Gasteiger partial charge < -0.3 is 5.32 Å². The lowest BCUT2D eigenvalue weighted by molar-refractivity contribution is -0.113. The zero-order chi connectivity index (χ0) is 10.8. The standard InChI is InChI=1S/C10H10N2OS2/c1-6-3-2-4-7-9(6)12-10(15-7)11-8(13)5-14/h2-4,14H,5H2,1H3,(H,11,12,13). The van der Waals surface area contributed by atoms with Crippen molar-refractivity contribution in [2.75, 3.05) is 11.1 Å². The molecular formula is C10H10N2OS2. The molecule has 0 aliphatic carbocycles. The van der Waals surface area contributed by atoms with Gasteiger partial charge in [-0.2, -0.15) is 12.6 Å². The lowest BCUT2D eigenvalue weighted by Crippen LogP contribution is -2.12. The SMILES string of the molecule is Cc1cccc2sc(NC(=O)CS)nc12. The molecule has 1 amide bonds. The quantitative estimate of drug-likeness (QED) is 0.789. The van der Waals surface area contributed by atoms with Gasteiger partial charge in [-0.25, -0.2) is 4.98 Å². The van der Waals surface area contributed by atoms with Crippen molar-refractivity contribution in [1.82, 2.24) is 4.98 Å². The van der Waals surface area contributed by atoms with Crippen LogP contribution in [0, 0.1) is 6.92 Å². The van der Waals surface area contributed by atoms with E-state index < -0.39 is 0 Å². The molecule has 0 radical (unpaired) electrons. The Bertz CT molecular complexity index is 507. The summed E-state index contributed by atoms with van der Waals surface area (Å²) in [7, 11) is 0. The van der Waals surface area contributed by atoms with Crippen LogP contribution in [-0.4, -0.2) is 16.6 Å². The van der Waals surface area contributed by atoms with Crippen LogP contribution in [0.25, 0.3) is 10.2 Å². The van der Waals surface area contributed by atoms with Gasteiger partial charge in [0.2, 0.25) is 5.91 Å². The fourth-order valence-corrected chi connectivity index (χ4v) is 2.34. The number of thiol groups is 1. The molecule has 0 spiro atoms. The molecule has 15 heavy (non-hydrogen) atoms. The lowest BCUT2D eigenvalue weighted by atomic mass is 10.2. The number of fused-ring (bicyclic) bond motifs is 1. The number of hydrogen-bond donors (Lipinski definition) is 2. The molecule has 78 valence electrons. The number of benzene rings is 1. The summed E-state index contributed by atoms with van der Waals surface area (Å²) in [6.45, 7) is 2.01. The number of nitrogens with zero attached hydrogens (tertiary/aromatic N) is 1. The fraction of sp³-hybridized carbons (Fsp3) is 0.200. The molecule has 0 aliphatic heterocycles. The molecular weight excluding hydrogens is 228 g/mol. The van der Waals surface area contributed by atoms with Gasteiger partial charge in [0.25, 0.3) is 0 Å². The third-order valence-electron chi connectivity index (χ3n) is 2.01. The van der Waals surface area contributed by atoms with Crippen LogP contribution in [0.2, 0.25) is 0 Å². The Morgan fingerprint density at radius 3 is 3.07 bits per heavy atom. The Kier molecular flexibility index (Phi) is 2.93. The third kappa shape index (κ3) is 2.13. The zero-order valence-electron chi connectivity index (χ0n) is 8.15. The third-order valence-corrected chi connectivity index (χ3v) is 3.23. The van der Waals surface area contributed by atoms with Crippen LogP contribution in [0.3, 0.4) is 0 Å². The number of carbonyl (C=O) groups excluding carboxylic acids is 1. The van der Waals surface area contributed by atoms with E-state index in [0.717, 1.165) is 15.8 Å². The van der Waals surface area contributed by atoms with Crippen LogP contribution >= 0.6 is 24.0 Å². The van der Waals surface area contributed by atoms with Crippen LogP contribution in [0.5, 0.6) is 0 Å². The average Bonchev–Trinajstić information content (AvgIpc) is 2.62. The predicted octanol–water partition coefficient (Wildman–Crippen LogP) is 2.47. The van der Waals surface area contributed by atoms with E-state index in [0.29, 0.717) is 5.13 Å². The van der Waals surface area contributed by atoms with Gasteiger partial charge in [0.1, 0.15) is 0 Å². The molecule has 2 rings (SSSR count). The van der Waals surface area contributed by atoms with Gasteiger partial charge in [-0.05, 0) is 18.6 Å². The molecule has 0 fully saturated rings. The molecule has 1 heterocycles. The highest BCUT2D eigenvalue weighted by Crippen LogP contribution is 2.27. The van der Waals surface area contributed by atoms with E-state index in [2.05, 4.69) is 22.9 Å². The Balaban J connectivity index is 2.39. The summed E-state index contributed by atoms with van der Waals surface area (Å²) in [5.41, 5.74) is 2.08. The lowest BCUT2D eigenvalue weighted by Gasteiger charge is -1.95.